The van der Waals surface area contributed by atoms with Gasteiger partial charge in [0.15, 0.2) is 0 Å². The first-order chi connectivity index (χ1) is 8.60. The lowest BCUT2D eigenvalue weighted by Crippen LogP contribution is -2.50. The van der Waals surface area contributed by atoms with Gasteiger partial charge in [0.05, 0.1) is 0 Å². The van der Waals surface area contributed by atoms with Crippen LogP contribution in [-0.2, 0) is 6.42 Å². The maximum absolute atomic E-state index is 5.87. The van der Waals surface area contributed by atoms with Gasteiger partial charge in [-0.1, -0.05) is 6.92 Å². The molecule has 1 unspecified atom stereocenters. The molecule has 0 aromatic carbocycles. The molecule has 2 N–H and O–H groups in total. The molecule has 2 heterocycles. The van der Waals surface area contributed by atoms with E-state index in [2.05, 4.69) is 40.7 Å². The van der Waals surface area contributed by atoms with Crippen molar-refractivity contribution in [2.45, 2.75) is 32.7 Å². The minimum atomic E-state index is 0.546. The van der Waals surface area contributed by atoms with E-state index in [-0.39, 0.29) is 0 Å². The van der Waals surface area contributed by atoms with Gasteiger partial charge in [0, 0.05) is 38.2 Å². The van der Waals surface area contributed by atoms with Crippen molar-refractivity contribution in [1.29, 1.82) is 0 Å². The van der Waals surface area contributed by atoms with Crippen LogP contribution in [0.5, 0.6) is 0 Å². The van der Waals surface area contributed by atoms with Crippen LogP contribution in [0.1, 0.15) is 26.1 Å². The summed E-state index contributed by atoms with van der Waals surface area (Å²) in [6, 6.07) is 2.43. The molecule has 100 valence electrons. The van der Waals surface area contributed by atoms with E-state index in [4.69, 9.17) is 5.73 Å². The minimum absolute atomic E-state index is 0.546. The van der Waals surface area contributed by atoms with Gasteiger partial charge in [-0.25, -0.2) is 9.97 Å². The van der Waals surface area contributed by atoms with Crippen molar-refractivity contribution < 1.29 is 0 Å². The van der Waals surface area contributed by atoms with Crippen LogP contribution in [0.2, 0.25) is 0 Å². The number of anilines is 2. The Kier molecular flexibility index (Phi) is 4.01. The number of nitrogens with two attached hydrogens (primary N) is 1. The number of rotatable bonds is 3. The van der Waals surface area contributed by atoms with Crippen molar-refractivity contribution in [2.24, 2.45) is 0 Å². The topological polar surface area (TPSA) is 58.3 Å². The highest BCUT2D eigenvalue weighted by Crippen LogP contribution is 2.18. The lowest BCUT2D eigenvalue weighted by atomic mass is 10.2. The van der Waals surface area contributed by atoms with Crippen molar-refractivity contribution in [3.63, 3.8) is 0 Å². The van der Waals surface area contributed by atoms with E-state index < -0.39 is 0 Å². The largest absolute Gasteiger partial charge is 0.384 e. The second kappa shape index (κ2) is 5.52. The normalized spacial score (nSPS) is 21.3. The summed E-state index contributed by atoms with van der Waals surface area (Å²) in [4.78, 5) is 13.6. The summed E-state index contributed by atoms with van der Waals surface area (Å²) in [7, 11) is 2.17. The molecule has 1 fully saturated rings. The van der Waals surface area contributed by atoms with Crippen molar-refractivity contribution >= 4 is 11.6 Å². The number of aromatic nitrogens is 2. The molecule has 1 aromatic heterocycles. The Morgan fingerprint density at radius 2 is 2.17 bits per heavy atom. The lowest BCUT2D eigenvalue weighted by molar-refractivity contribution is 0.233. The summed E-state index contributed by atoms with van der Waals surface area (Å²) in [6.45, 7) is 7.43. The summed E-state index contributed by atoms with van der Waals surface area (Å²) in [5.74, 6) is 2.42. The third-order valence-electron chi connectivity index (χ3n) is 3.54. The molecule has 1 saturated heterocycles. The van der Waals surface area contributed by atoms with Crippen LogP contribution in [0, 0.1) is 0 Å². The highest BCUT2D eigenvalue weighted by Gasteiger charge is 2.22. The van der Waals surface area contributed by atoms with Crippen molar-refractivity contribution in [2.75, 3.05) is 37.3 Å². The zero-order valence-electron chi connectivity index (χ0n) is 11.6. The molecule has 0 amide bonds. The van der Waals surface area contributed by atoms with E-state index in [0.29, 0.717) is 11.9 Å². The van der Waals surface area contributed by atoms with E-state index in [1.165, 1.54) is 0 Å². The van der Waals surface area contributed by atoms with Gasteiger partial charge in [0.25, 0.3) is 0 Å². The third-order valence-corrected chi connectivity index (χ3v) is 3.54. The second-order valence-corrected chi connectivity index (χ2v) is 5.09. The van der Waals surface area contributed by atoms with Gasteiger partial charge in [-0.05, 0) is 20.4 Å². The maximum Gasteiger partial charge on any atom is 0.134 e. The lowest BCUT2D eigenvalue weighted by Gasteiger charge is -2.38. The quantitative estimate of drug-likeness (QED) is 0.871. The van der Waals surface area contributed by atoms with Crippen LogP contribution in [0.3, 0.4) is 0 Å². The highest BCUT2D eigenvalue weighted by molar-refractivity contribution is 5.47. The Balaban J connectivity index is 2.17. The molecule has 1 atom stereocenters. The van der Waals surface area contributed by atoms with Gasteiger partial charge in [-0.2, -0.15) is 0 Å². The van der Waals surface area contributed by atoms with Gasteiger partial charge < -0.3 is 15.5 Å². The number of nitrogen functional groups attached to an aromatic ring is 1. The molecule has 5 heteroatoms. The first kappa shape index (κ1) is 13.1. The Bertz CT molecular complexity index is 406. The molecule has 2 rings (SSSR count). The second-order valence-electron chi connectivity index (χ2n) is 5.09. The summed E-state index contributed by atoms with van der Waals surface area (Å²) in [5, 5.41) is 0. The molecule has 0 bridgehead atoms. The van der Waals surface area contributed by atoms with Crippen molar-refractivity contribution in [3.05, 3.63) is 11.9 Å². The molecule has 5 nitrogen and oxygen atoms in total. The van der Waals surface area contributed by atoms with E-state index in [9.17, 15) is 0 Å². The average Bonchev–Trinajstić information content (AvgIpc) is 2.32. The number of hydrogen-bond donors (Lipinski definition) is 1. The fourth-order valence-corrected chi connectivity index (χ4v) is 2.26. The molecule has 0 spiro atoms. The first-order valence-corrected chi connectivity index (χ1v) is 6.68. The van der Waals surface area contributed by atoms with Crippen LogP contribution in [0.4, 0.5) is 11.6 Å². The monoisotopic (exact) mass is 249 g/mol. The number of aryl methyl sites for hydroxylation is 1. The third kappa shape index (κ3) is 2.90. The zero-order chi connectivity index (χ0) is 13.1. The molecule has 18 heavy (non-hydrogen) atoms. The zero-order valence-corrected chi connectivity index (χ0v) is 11.6. The van der Waals surface area contributed by atoms with Crippen LogP contribution in [-0.4, -0.2) is 47.6 Å². The summed E-state index contributed by atoms with van der Waals surface area (Å²) in [5.41, 5.74) is 5.87. The fourth-order valence-electron chi connectivity index (χ4n) is 2.26. The predicted octanol–water partition coefficient (Wildman–Crippen LogP) is 1.15. The van der Waals surface area contributed by atoms with E-state index in [1.54, 1.807) is 0 Å². The van der Waals surface area contributed by atoms with Crippen LogP contribution in [0.25, 0.3) is 0 Å². The molecular formula is C13H23N5. The fraction of sp³-hybridized carbons (Fsp3) is 0.692. The molecular weight excluding hydrogens is 226 g/mol. The highest BCUT2D eigenvalue weighted by atomic mass is 15.3. The molecule has 0 saturated carbocycles. The SMILES string of the molecule is CCCc1nc(N)cc(N2CCN(C)C(C)C2)n1. The summed E-state index contributed by atoms with van der Waals surface area (Å²) in [6.07, 6.45) is 1.93. The van der Waals surface area contributed by atoms with Crippen LogP contribution in [0.15, 0.2) is 6.07 Å². The molecule has 1 aliphatic heterocycles. The van der Waals surface area contributed by atoms with Crippen molar-refractivity contribution in [1.82, 2.24) is 14.9 Å². The predicted molar refractivity (Wildman–Crippen MR) is 74.7 cm³/mol. The number of nitrogens with zero attached hydrogens (tertiary/aromatic N) is 4. The van der Waals surface area contributed by atoms with Gasteiger partial charge in [-0.15, -0.1) is 0 Å². The Morgan fingerprint density at radius 1 is 1.39 bits per heavy atom. The smallest absolute Gasteiger partial charge is 0.134 e. The standard InChI is InChI=1S/C13H23N5/c1-4-5-12-15-11(14)8-13(16-12)18-7-6-17(3)10(2)9-18/h8,10H,4-7,9H2,1-3H3,(H2,14,15,16). The van der Waals surface area contributed by atoms with Crippen LogP contribution < -0.4 is 10.6 Å². The van der Waals surface area contributed by atoms with E-state index in [0.717, 1.165) is 44.1 Å². The summed E-state index contributed by atoms with van der Waals surface area (Å²) >= 11 is 0. The van der Waals surface area contributed by atoms with Crippen molar-refractivity contribution in [3.8, 4) is 0 Å². The van der Waals surface area contributed by atoms with Gasteiger partial charge in [0.1, 0.15) is 17.5 Å². The van der Waals surface area contributed by atoms with Gasteiger partial charge >= 0.3 is 0 Å². The van der Waals surface area contributed by atoms with E-state index >= 15 is 0 Å². The number of hydrogen-bond acceptors (Lipinski definition) is 5. The Morgan fingerprint density at radius 3 is 2.83 bits per heavy atom. The Hall–Kier alpha value is -1.36. The molecule has 1 aliphatic rings. The van der Waals surface area contributed by atoms with Gasteiger partial charge in [0.2, 0.25) is 0 Å². The minimum Gasteiger partial charge on any atom is -0.384 e. The summed E-state index contributed by atoms with van der Waals surface area (Å²) < 4.78 is 0. The molecule has 1 aromatic rings. The van der Waals surface area contributed by atoms with E-state index in [1.807, 2.05) is 6.07 Å². The van der Waals surface area contributed by atoms with Crippen LogP contribution >= 0.6 is 0 Å². The first-order valence-electron chi connectivity index (χ1n) is 6.68. The number of piperazine rings is 1. The van der Waals surface area contributed by atoms with Gasteiger partial charge in [-0.3, -0.25) is 0 Å². The average molecular weight is 249 g/mol. The Labute approximate surface area is 109 Å². The maximum atomic E-state index is 5.87. The molecule has 0 aliphatic carbocycles. The number of likely N-dealkylation sites (N-methyl/N-ethyl adjacent to an activating group) is 1. The molecule has 0 radical (unpaired) electrons.